The monoisotopic (exact) mass is 323 g/mol. The Balaban J connectivity index is 1.94. The second-order valence-electron chi connectivity index (χ2n) is 4.51. The summed E-state index contributed by atoms with van der Waals surface area (Å²) in [5, 5.41) is 0.527. The molecule has 0 amide bonds. The Morgan fingerprint density at radius 3 is 2.90 bits per heavy atom. The lowest BCUT2D eigenvalue weighted by molar-refractivity contribution is 0.615. The number of halogens is 2. The summed E-state index contributed by atoms with van der Waals surface area (Å²) in [4.78, 5) is 7.17. The molecule has 3 N–H and O–H groups in total. The highest BCUT2D eigenvalue weighted by Crippen LogP contribution is 2.23. The molecule has 7 heteroatoms. The van der Waals surface area contributed by atoms with E-state index in [0.717, 1.165) is 0 Å². The average Bonchev–Trinajstić information content (AvgIpc) is 2.86. The fraction of sp³-hybridized carbons (Fsp3) is 0.0714. The molecule has 0 spiro atoms. The standard InChI is InChI=1S/C14H11ClFN3OS/c15-10-2-1-3-11(16)9(10)7-21(20)14-18-12-5-4-8(17)6-13(12)19-14/h1-6H,7,17H2,(H,18,19). The predicted octanol–water partition coefficient (Wildman–Crippen LogP) is 3.25. The topological polar surface area (TPSA) is 71.8 Å². The van der Waals surface area contributed by atoms with Gasteiger partial charge in [0.25, 0.3) is 0 Å². The van der Waals surface area contributed by atoms with Crippen LogP contribution in [0, 0.1) is 5.82 Å². The van der Waals surface area contributed by atoms with Crippen molar-refractivity contribution in [1.82, 2.24) is 9.97 Å². The summed E-state index contributed by atoms with van der Waals surface area (Å²) in [5.74, 6) is -0.517. The van der Waals surface area contributed by atoms with Gasteiger partial charge in [-0.3, -0.25) is 4.21 Å². The van der Waals surface area contributed by atoms with Crippen LogP contribution in [-0.4, -0.2) is 14.2 Å². The van der Waals surface area contributed by atoms with E-state index in [1.54, 1.807) is 24.3 Å². The fourth-order valence-electron chi connectivity index (χ4n) is 1.98. The van der Waals surface area contributed by atoms with Gasteiger partial charge >= 0.3 is 0 Å². The van der Waals surface area contributed by atoms with E-state index < -0.39 is 16.6 Å². The van der Waals surface area contributed by atoms with Crippen LogP contribution in [0.5, 0.6) is 0 Å². The molecule has 0 fully saturated rings. The van der Waals surface area contributed by atoms with Gasteiger partial charge in [-0.25, -0.2) is 9.37 Å². The highest BCUT2D eigenvalue weighted by molar-refractivity contribution is 7.84. The van der Waals surface area contributed by atoms with Crippen LogP contribution in [0.15, 0.2) is 41.6 Å². The molecule has 0 bridgehead atoms. The normalized spacial score (nSPS) is 12.7. The number of H-pyrrole nitrogens is 1. The van der Waals surface area contributed by atoms with Crippen molar-refractivity contribution in [2.24, 2.45) is 0 Å². The van der Waals surface area contributed by atoms with E-state index in [1.807, 2.05) is 0 Å². The molecule has 0 aliphatic carbocycles. The minimum absolute atomic E-state index is 0.0409. The van der Waals surface area contributed by atoms with E-state index in [2.05, 4.69) is 9.97 Å². The lowest BCUT2D eigenvalue weighted by Crippen LogP contribution is -2.01. The number of hydrogen-bond acceptors (Lipinski definition) is 3. The molecule has 21 heavy (non-hydrogen) atoms. The molecule has 4 nitrogen and oxygen atoms in total. The number of hydrogen-bond donors (Lipinski definition) is 2. The molecule has 1 unspecified atom stereocenters. The maximum Gasteiger partial charge on any atom is 0.197 e. The number of anilines is 1. The maximum absolute atomic E-state index is 13.7. The Hall–Kier alpha value is -1.92. The zero-order valence-corrected chi connectivity index (χ0v) is 12.3. The lowest BCUT2D eigenvalue weighted by Gasteiger charge is -2.04. The molecule has 0 radical (unpaired) electrons. The first-order valence-corrected chi connectivity index (χ1v) is 7.81. The van der Waals surface area contributed by atoms with Crippen molar-refractivity contribution in [3.05, 3.63) is 52.8 Å². The Bertz CT molecular complexity index is 829. The minimum atomic E-state index is -1.53. The molecule has 0 saturated heterocycles. The van der Waals surface area contributed by atoms with Gasteiger partial charge in [0.05, 0.1) is 27.6 Å². The molecule has 3 rings (SSSR count). The number of aromatic nitrogens is 2. The first kappa shape index (κ1) is 14.0. The van der Waals surface area contributed by atoms with E-state index >= 15 is 0 Å². The third-order valence-corrected chi connectivity index (χ3v) is 4.57. The highest BCUT2D eigenvalue weighted by atomic mass is 35.5. The van der Waals surface area contributed by atoms with Gasteiger partial charge in [-0.2, -0.15) is 0 Å². The molecule has 2 aromatic carbocycles. The van der Waals surface area contributed by atoms with Gasteiger partial charge in [-0.05, 0) is 30.3 Å². The number of imidazole rings is 1. The zero-order valence-electron chi connectivity index (χ0n) is 10.8. The minimum Gasteiger partial charge on any atom is -0.399 e. The average molecular weight is 324 g/mol. The van der Waals surface area contributed by atoms with Crippen molar-refractivity contribution in [3.63, 3.8) is 0 Å². The first-order valence-electron chi connectivity index (χ1n) is 6.11. The highest BCUT2D eigenvalue weighted by Gasteiger charge is 2.15. The molecule has 0 saturated carbocycles. The number of rotatable bonds is 3. The van der Waals surface area contributed by atoms with Crippen LogP contribution in [0.25, 0.3) is 11.0 Å². The third-order valence-electron chi connectivity index (χ3n) is 3.04. The number of nitrogens with one attached hydrogen (secondary N) is 1. The number of nitrogen functional groups attached to an aromatic ring is 1. The summed E-state index contributed by atoms with van der Waals surface area (Å²) in [7, 11) is -1.53. The van der Waals surface area contributed by atoms with Gasteiger partial charge in [-0.1, -0.05) is 17.7 Å². The Morgan fingerprint density at radius 2 is 2.14 bits per heavy atom. The molecule has 0 aliphatic rings. The third kappa shape index (κ3) is 2.77. The van der Waals surface area contributed by atoms with Crippen LogP contribution in [-0.2, 0) is 16.6 Å². The summed E-state index contributed by atoms with van der Waals surface area (Å²) in [6.07, 6.45) is 0. The number of fused-ring (bicyclic) bond motifs is 1. The predicted molar refractivity (Wildman–Crippen MR) is 82.0 cm³/mol. The fourth-order valence-corrected chi connectivity index (χ4v) is 3.41. The molecule has 1 aromatic heterocycles. The van der Waals surface area contributed by atoms with Gasteiger partial charge in [0.15, 0.2) is 5.16 Å². The zero-order chi connectivity index (χ0) is 15.0. The van der Waals surface area contributed by atoms with Crippen molar-refractivity contribution in [3.8, 4) is 0 Å². The number of nitrogens with zero attached hydrogens (tertiary/aromatic N) is 1. The Kier molecular flexibility index (Phi) is 3.65. The maximum atomic E-state index is 13.7. The van der Waals surface area contributed by atoms with E-state index in [4.69, 9.17) is 17.3 Å². The van der Waals surface area contributed by atoms with Crippen LogP contribution < -0.4 is 5.73 Å². The summed E-state index contributed by atoms with van der Waals surface area (Å²) >= 11 is 5.94. The second kappa shape index (κ2) is 5.46. The van der Waals surface area contributed by atoms with Gasteiger partial charge in [0.1, 0.15) is 5.82 Å². The van der Waals surface area contributed by atoms with Crippen molar-refractivity contribution < 1.29 is 8.60 Å². The molecule has 3 aromatic rings. The first-order chi connectivity index (χ1) is 10.0. The van der Waals surface area contributed by atoms with Crippen molar-refractivity contribution >= 4 is 39.1 Å². The van der Waals surface area contributed by atoms with Crippen LogP contribution in [0.1, 0.15) is 5.56 Å². The summed E-state index contributed by atoms with van der Waals surface area (Å²) in [6, 6.07) is 9.52. The molecular formula is C14H11ClFN3OS. The molecule has 0 aliphatic heterocycles. The van der Waals surface area contributed by atoms with Gasteiger partial charge in [-0.15, -0.1) is 0 Å². The van der Waals surface area contributed by atoms with Crippen molar-refractivity contribution in [2.75, 3.05) is 5.73 Å². The van der Waals surface area contributed by atoms with Crippen molar-refractivity contribution in [1.29, 1.82) is 0 Å². The quantitative estimate of drug-likeness (QED) is 0.727. The number of benzene rings is 2. The van der Waals surface area contributed by atoms with E-state index in [0.29, 0.717) is 16.7 Å². The lowest BCUT2D eigenvalue weighted by atomic mass is 10.2. The van der Waals surface area contributed by atoms with Crippen LogP contribution >= 0.6 is 11.6 Å². The second-order valence-corrected chi connectivity index (χ2v) is 6.28. The number of nitrogens with two attached hydrogens (primary N) is 1. The van der Waals surface area contributed by atoms with Crippen molar-refractivity contribution in [2.45, 2.75) is 10.9 Å². The summed E-state index contributed by atoms with van der Waals surface area (Å²) < 4.78 is 26.1. The van der Waals surface area contributed by atoms with E-state index in [-0.39, 0.29) is 21.5 Å². The van der Waals surface area contributed by atoms with Gasteiger partial charge in [0.2, 0.25) is 0 Å². The van der Waals surface area contributed by atoms with E-state index in [9.17, 15) is 8.60 Å². The Morgan fingerprint density at radius 1 is 1.33 bits per heavy atom. The van der Waals surface area contributed by atoms with Gasteiger partial charge < -0.3 is 10.7 Å². The molecule has 1 heterocycles. The summed E-state index contributed by atoms with van der Waals surface area (Å²) in [5.41, 5.74) is 7.84. The van der Waals surface area contributed by atoms with E-state index in [1.165, 1.54) is 12.1 Å². The van der Waals surface area contributed by atoms with Crippen LogP contribution in [0.2, 0.25) is 5.02 Å². The summed E-state index contributed by atoms with van der Waals surface area (Å²) in [6.45, 7) is 0. The van der Waals surface area contributed by atoms with Gasteiger partial charge in [0, 0.05) is 16.3 Å². The van der Waals surface area contributed by atoms with Crippen LogP contribution in [0.3, 0.4) is 0 Å². The number of aromatic amines is 1. The Labute approximate surface area is 127 Å². The smallest absolute Gasteiger partial charge is 0.197 e. The SMILES string of the molecule is Nc1ccc2nc(S(=O)Cc3c(F)cccc3Cl)[nH]c2c1. The molecule has 108 valence electrons. The molecule has 1 atom stereocenters. The van der Waals surface area contributed by atoms with Crippen LogP contribution in [0.4, 0.5) is 10.1 Å². The molecular weight excluding hydrogens is 313 g/mol. The largest absolute Gasteiger partial charge is 0.399 e.